The number of aliphatic hydroxyl groups is 1. The van der Waals surface area contributed by atoms with Gasteiger partial charge in [-0.1, -0.05) is 13.8 Å². The van der Waals surface area contributed by atoms with Gasteiger partial charge in [0.15, 0.2) is 0 Å². The predicted molar refractivity (Wildman–Crippen MR) is 71.4 cm³/mol. The molecule has 0 aromatic carbocycles. The summed E-state index contributed by atoms with van der Waals surface area (Å²) >= 11 is 0. The topological polar surface area (TPSA) is 69.6 Å². The molecule has 1 aliphatic heterocycles. The third-order valence-electron chi connectivity index (χ3n) is 4.74. The summed E-state index contributed by atoms with van der Waals surface area (Å²) in [6.45, 7) is 6.10. The lowest BCUT2D eigenvalue weighted by molar-refractivity contribution is -0.144. The Bertz CT molecular complexity index is 381. The molecule has 1 saturated heterocycles. The van der Waals surface area contributed by atoms with E-state index in [9.17, 15) is 14.7 Å². The van der Waals surface area contributed by atoms with Crippen molar-refractivity contribution in [3.8, 4) is 0 Å². The van der Waals surface area contributed by atoms with E-state index in [1.54, 1.807) is 4.90 Å². The number of piperidine rings is 1. The zero-order valence-corrected chi connectivity index (χ0v) is 12.0. The van der Waals surface area contributed by atoms with E-state index in [0.29, 0.717) is 13.0 Å². The SMILES string of the molecule is CC(=O)N1CCCCC1C(=O)NC1CC(O)C1(C)C. The van der Waals surface area contributed by atoms with Gasteiger partial charge in [-0.05, 0) is 25.7 Å². The first kappa shape index (κ1) is 14.3. The molecule has 108 valence electrons. The Balaban J connectivity index is 1.97. The van der Waals surface area contributed by atoms with E-state index in [1.165, 1.54) is 6.92 Å². The summed E-state index contributed by atoms with van der Waals surface area (Å²) in [5.74, 6) is -0.104. The molecule has 0 bridgehead atoms. The lowest BCUT2D eigenvalue weighted by atomic mass is 9.64. The highest BCUT2D eigenvalue weighted by molar-refractivity contribution is 5.87. The molecular weight excluding hydrogens is 244 g/mol. The van der Waals surface area contributed by atoms with Crippen LogP contribution in [0.25, 0.3) is 0 Å². The summed E-state index contributed by atoms with van der Waals surface area (Å²) in [5, 5.41) is 12.7. The number of likely N-dealkylation sites (tertiary alicyclic amines) is 1. The molecule has 1 saturated carbocycles. The fraction of sp³-hybridized carbons (Fsp3) is 0.857. The first-order valence-electron chi connectivity index (χ1n) is 7.09. The third-order valence-corrected chi connectivity index (χ3v) is 4.74. The molecule has 2 amide bonds. The Morgan fingerprint density at radius 3 is 2.53 bits per heavy atom. The Hall–Kier alpha value is -1.10. The second-order valence-corrected chi connectivity index (χ2v) is 6.36. The molecular formula is C14H24N2O3. The molecule has 2 rings (SSSR count). The molecule has 5 heteroatoms. The van der Waals surface area contributed by atoms with Gasteiger partial charge in [0.25, 0.3) is 0 Å². The van der Waals surface area contributed by atoms with E-state index in [0.717, 1.165) is 19.3 Å². The van der Waals surface area contributed by atoms with E-state index in [4.69, 9.17) is 0 Å². The van der Waals surface area contributed by atoms with Crippen LogP contribution in [0.4, 0.5) is 0 Å². The Morgan fingerprint density at radius 1 is 1.32 bits per heavy atom. The van der Waals surface area contributed by atoms with Crippen molar-refractivity contribution in [3.05, 3.63) is 0 Å². The first-order valence-corrected chi connectivity index (χ1v) is 7.09. The maximum atomic E-state index is 12.3. The van der Waals surface area contributed by atoms with Gasteiger partial charge >= 0.3 is 0 Å². The molecule has 0 spiro atoms. The second-order valence-electron chi connectivity index (χ2n) is 6.36. The number of rotatable bonds is 2. The molecule has 5 nitrogen and oxygen atoms in total. The minimum absolute atomic E-state index is 0.00531. The minimum Gasteiger partial charge on any atom is -0.392 e. The Morgan fingerprint density at radius 2 is 2.00 bits per heavy atom. The van der Waals surface area contributed by atoms with Crippen molar-refractivity contribution in [1.29, 1.82) is 0 Å². The molecule has 2 fully saturated rings. The van der Waals surface area contributed by atoms with Crippen LogP contribution in [-0.2, 0) is 9.59 Å². The number of hydrogen-bond acceptors (Lipinski definition) is 3. The van der Waals surface area contributed by atoms with Gasteiger partial charge in [0.1, 0.15) is 6.04 Å². The van der Waals surface area contributed by atoms with Crippen LogP contribution in [0.2, 0.25) is 0 Å². The molecule has 3 unspecified atom stereocenters. The number of hydrogen-bond donors (Lipinski definition) is 2. The third kappa shape index (κ3) is 2.61. The number of aliphatic hydroxyl groups excluding tert-OH is 1. The average molecular weight is 268 g/mol. The predicted octanol–water partition coefficient (Wildman–Crippen LogP) is 0.663. The molecule has 0 radical (unpaired) electrons. The monoisotopic (exact) mass is 268 g/mol. The van der Waals surface area contributed by atoms with Crippen LogP contribution in [0, 0.1) is 5.41 Å². The van der Waals surface area contributed by atoms with Gasteiger partial charge in [-0.2, -0.15) is 0 Å². The summed E-state index contributed by atoms with van der Waals surface area (Å²) in [6, 6.07) is -0.328. The van der Waals surface area contributed by atoms with Crippen molar-refractivity contribution in [3.63, 3.8) is 0 Å². The highest BCUT2D eigenvalue weighted by Gasteiger charge is 2.48. The Kier molecular flexibility index (Phi) is 3.85. The van der Waals surface area contributed by atoms with Crippen LogP contribution < -0.4 is 5.32 Å². The number of carbonyl (C=O) groups is 2. The van der Waals surface area contributed by atoms with E-state index in [2.05, 4.69) is 5.32 Å². The number of nitrogens with zero attached hydrogens (tertiary/aromatic N) is 1. The summed E-state index contributed by atoms with van der Waals surface area (Å²) < 4.78 is 0. The minimum atomic E-state index is -0.354. The van der Waals surface area contributed by atoms with Gasteiger partial charge in [-0.3, -0.25) is 9.59 Å². The van der Waals surface area contributed by atoms with Crippen molar-refractivity contribution in [2.75, 3.05) is 6.54 Å². The molecule has 2 N–H and O–H groups in total. The van der Waals surface area contributed by atoms with Gasteiger partial charge in [0.2, 0.25) is 11.8 Å². The van der Waals surface area contributed by atoms with E-state index in [-0.39, 0.29) is 35.4 Å². The van der Waals surface area contributed by atoms with Crippen LogP contribution in [0.5, 0.6) is 0 Å². The fourth-order valence-corrected chi connectivity index (χ4v) is 3.00. The number of nitrogens with one attached hydrogen (secondary N) is 1. The van der Waals surface area contributed by atoms with Crippen LogP contribution in [-0.4, -0.2) is 46.6 Å². The zero-order valence-electron chi connectivity index (χ0n) is 12.0. The lowest BCUT2D eigenvalue weighted by Gasteiger charge is -2.50. The molecule has 1 heterocycles. The highest BCUT2D eigenvalue weighted by Crippen LogP contribution is 2.40. The molecule has 19 heavy (non-hydrogen) atoms. The average Bonchev–Trinajstić information content (AvgIpc) is 2.38. The van der Waals surface area contributed by atoms with E-state index in [1.807, 2.05) is 13.8 Å². The van der Waals surface area contributed by atoms with Crippen LogP contribution in [0.1, 0.15) is 46.5 Å². The van der Waals surface area contributed by atoms with Crippen molar-refractivity contribution in [2.24, 2.45) is 5.41 Å². The zero-order chi connectivity index (χ0) is 14.2. The van der Waals surface area contributed by atoms with E-state index >= 15 is 0 Å². The summed E-state index contributed by atoms with van der Waals surface area (Å²) in [5.41, 5.74) is -0.272. The van der Waals surface area contributed by atoms with Crippen LogP contribution >= 0.6 is 0 Å². The fourth-order valence-electron chi connectivity index (χ4n) is 3.00. The summed E-state index contributed by atoms with van der Waals surface area (Å²) in [7, 11) is 0. The molecule has 0 aromatic heterocycles. The molecule has 1 aliphatic carbocycles. The second kappa shape index (κ2) is 5.12. The largest absolute Gasteiger partial charge is 0.392 e. The Labute approximate surface area is 114 Å². The van der Waals surface area contributed by atoms with Crippen molar-refractivity contribution < 1.29 is 14.7 Å². The number of amides is 2. The van der Waals surface area contributed by atoms with Crippen molar-refractivity contribution >= 4 is 11.8 Å². The summed E-state index contributed by atoms with van der Waals surface area (Å²) in [4.78, 5) is 25.6. The van der Waals surface area contributed by atoms with E-state index < -0.39 is 0 Å². The van der Waals surface area contributed by atoms with Gasteiger partial charge < -0.3 is 15.3 Å². The highest BCUT2D eigenvalue weighted by atomic mass is 16.3. The standard InChI is InChI=1S/C14H24N2O3/c1-9(17)16-7-5-4-6-10(16)13(19)15-11-8-12(18)14(11,2)3/h10-12,18H,4-8H2,1-3H3,(H,15,19). The maximum Gasteiger partial charge on any atom is 0.243 e. The first-order chi connectivity index (χ1) is 8.84. The number of carbonyl (C=O) groups excluding carboxylic acids is 2. The van der Waals surface area contributed by atoms with Crippen molar-refractivity contribution in [2.45, 2.75) is 64.6 Å². The van der Waals surface area contributed by atoms with Gasteiger partial charge in [0, 0.05) is 24.9 Å². The van der Waals surface area contributed by atoms with Crippen molar-refractivity contribution in [1.82, 2.24) is 10.2 Å². The van der Waals surface area contributed by atoms with Crippen LogP contribution in [0.15, 0.2) is 0 Å². The van der Waals surface area contributed by atoms with Gasteiger partial charge in [-0.15, -0.1) is 0 Å². The molecule has 2 aliphatic rings. The smallest absolute Gasteiger partial charge is 0.243 e. The normalized spacial score (nSPS) is 33.5. The summed E-state index contributed by atoms with van der Waals surface area (Å²) in [6.07, 6.45) is 2.94. The molecule has 3 atom stereocenters. The maximum absolute atomic E-state index is 12.3. The quantitative estimate of drug-likeness (QED) is 0.773. The van der Waals surface area contributed by atoms with Gasteiger partial charge in [0.05, 0.1) is 6.10 Å². The lowest BCUT2D eigenvalue weighted by Crippen LogP contribution is -2.64. The molecule has 0 aromatic rings. The van der Waals surface area contributed by atoms with Crippen LogP contribution in [0.3, 0.4) is 0 Å². The van der Waals surface area contributed by atoms with Gasteiger partial charge in [-0.25, -0.2) is 0 Å².